The molecule has 3 heteroatoms. The Morgan fingerprint density at radius 2 is 1.86 bits per heavy atom. The summed E-state index contributed by atoms with van der Waals surface area (Å²) in [5.41, 5.74) is 1.20. The van der Waals surface area contributed by atoms with E-state index >= 15 is 0 Å². The Hall–Kier alpha value is -1.06. The molecule has 0 saturated carbocycles. The van der Waals surface area contributed by atoms with Crippen molar-refractivity contribution in [2.45, 2.75) is 52.5 Å². The minimum atomic E-state index is 0.203. The van der Waals surface area contributed by atoms with Crippen molar-refractivity contribution in [1.82, 2.24) is 5.32 Å². The van der Waals surface area contributed by atoms with Gasteiger partial charge in [-0.1, -0.05) is 44.9 Å². The highest BCUT2D eigenvalue weighted by Crippen LogP contribution is 2.25. The Labute approximate surface area is 130 Å². The molecule has 120 valence electrons. The van der Waals surface area contributed by atoms with Crippen molar-refractivity contribution in [3.63, 3.8) is 0 Å². The second-order valence-electron chi connectivity index (χ2n) is 5.26. The zero-order chi connectivity index (χ0) is 15.3. The van der Waals surface area contributed by atoms with Crippen LogP contribution in [0.25, 0.3) is 0 Å². The van der Waals surface area contributed by atoms with E-state index in [1.54, 1.807) is 0 Å². The number of unbranched alkanes of at least 4 members (excludes halogenated alkanes) is 2. The summed E-state index contributed by atoms with van der Waals surface area (Å²) >= 11 is 0. The molecule has 1 rings (SSSR count). The smallest absolute Gasteiger partial charge is 0.124 e. The van der Waals surface area contributed by atoms with Gasteiger partial charge in [-0.3, -0.25) is 0 Å². The largest absolute Gasteiger partial charge is 0.494 e. The van der Waals surface area contributed by atoms with Crippen LogP contribution in [0.3, 0.4) is 0 Å². The van der Waals surface area contributed by atoms with Gasteiger partial charge in [0.1, 0.15) is 5.75 Å². The Bertz CT molecular complexity index is 368. The van der Waals surface area contributed by atoms with Gasteiger partial charge in [0.15, 0.2) is 0 Å². The van der Waals surface area contributed by atoms with Crippen molar-refractivity contribution in [2.75, 3.05) is 26.4 Å². The lowest BCUT2D eigenvalue weighted by atomic mass is 10.1. The van der Waals surface area contributed by atoms with Crippen LogP contribution in [0.4, 0.5) is 0 Å². The standard InChI is InChI=1S/C18H31NO2/c1-4-7-10-14-20-15-17(19-13-5-2)16-11-8-9-12-18(16)21-6-3/h8-9,11-12,17,19H,4-7,10,13-15H2,1-3H3. The molecule has 1 atom stereocenters. The Kier molecular flexibility index (Phi) is 9.92. The second-order valence-corrected chi connectivity index (χ2v) is 5.26. The van der Waals surface area contributed by atoms with Gasteiger partial charge in [-0.05, 0) is 32.4 Å². The first kappa shape index (κ1) is 18.0. The molecular weight excluding hydrogens is 262 g/mol. The van der Waals surface area contributed by atoms with Gasteiger partial charge in [0.2, 0.25) is 0 Å². The lowest BCUT2D eigenvalue weighted by Crippen LogP contribution is -2.27. The summed E-state index contributed by atoms with van der Waals surface area (Å²) in [6, 6.07) is 8.46. The van der Waals surface area contributed by atoms with Crippen LogP contribution in [0.5, 0.6) is 5.75 Å². The van der Waals surface area contributed by atoms with E-state index in [1.807, 2.05) is 19.1 Å². The number of rotatable bonds is 12. The third-order valence-electron chi connectivity index (χ3n) is 3.41. The van der Waals surface area contributed by atoms with E-state index in [-0.39, 0.29) is 6.04 Å². The average Bonchev–Trinajstić information content (AvgIpc) is 2.51. The van der Waals surface area contributed by atoms with Crippen molar-refractivity contribution in [2.24, 2.45) is 0 Å². The fraction of sp³-hybridized carbons (Fsp3) is 0.667. The Balaban J connectivity index is 2.63. The molecule has 1 aromatic rings. The predicted molar refractivity (Wildman–Crippen MR) is 89.0 cm³/mol. The molecule has 0 heterocycles. The van der Waals surface area contributed by atoms with Crippen LogP contribution in [0.1, 0.15) is 58.1 Å². The molecule has 0 aliphatic carbocycles. The van der Waals surface area contributed by atoms with Gasteiger partial charge >= 0.3 is 0 Å². The molecular formula is C18H31NO2. The number of ether oxygens (including phenoxy) is 2. The molecule has 1 aromatic carbocycles. The Morgan fingerprint density at radius 1 is 1.05 bits per heavy atom. The van der Waals surface area contributed by atoms with Crippen molar-refractivity contribution in [3.05, 3.63) is 29.8 Å². The lowest BCUT2D eigenvalue weighted by Gasteiger charge is -2.21. The summed E-state index contributed by atoms with van der Waals surface area (Å²) in [5.74, 6) is 0.964. The highest BCUT2D eigenvalue weighted by Gasteiger charge is 2.15. The summed E-state index contributed by atoms with van der Waals surface area (Å²) in [4.78, 5) is 0. The molecule has 0 aromatic heterocycles. The van der Waals surface area contributed by atoms with Crippen LogP contribution < -0.4 is 10.1 Å². The summed E-state index contributed by atoms with van der Waals surface area (Å²) in [7, 11) is 0. The molecule has 21 heavy (non-hydrogen) atoms. The van der Waals surface area contributed by atoms with Gasteiger partial charge in [-0.15, -0.1) is 0 Å². The lowest BCUT2D eigenvalue weighted by molar-refractivity contribution is 0.107. The number of para-hydroxylation sites is 1. The van der Waals surface area contributed by atoms with Gasteiger partial charge in [0.05, 0.1) is 19.3 Å². The van der Waals surface area contributed by atoms with Crippen molar-refractivity contribution >= 4 is 0 Å². The maximum absolute atomic E-state index is 5.86. The average molecular weight is 293 g/mol. The molecule has 1 unspecified atom stereocenters. The minimum Gasteiger partial charge on any atom is -0.494 e. The zero-order valence-electron chi connectivity index (χ0n) is 13.9. The molecule has 0 bridgehead atoms. The van der Waals surface area contributed by atoms with Crippen LogP contribution in [0.2, 0.25) is 0 Å². The minimum absolute atomic E-state index is 0.203. The summed E-state index contributed by atoms with van der Waals surface area (Å²) < 4.78 is 11.6. The Morgan fingerprint density at radius 3 is 2.57 bits per heavy atom. The fourth-order valence-electron chi connectivity index (χ4n) is 2.29. The SMILES string of the molecule is CCCCCOCC(NCCC)c1ccccc1OCC. The first-order valence-corrected chi connectivity index (χ1v) is 8.36. The van der Waals surface area contributed by atoms with Crippen molar-refractivity contribution in [3.8, 4) is 5.75 Å². The first-order valence-electron chi connectivity index (χ1n) is 8.36. The maximum atomic E-state index is 5.86. The van der Waals surface area contributed by atoms with Crippen LogP contribution in [-0.4, -0.2) is 26.4 Å². The van der Waals surface area contributed by atoms with Crippen LogP contribution in [-0.2, 0) is 4.74 Å². The van der Waals surface area contributed by atoms with E-state index in [1.165, 1.54) is 18.4 Å². The maximum Gasteiger partial charge on any atom is 0.124 e. The van der Waals surface area contributed by atoms with Crippen LogP contribution >= 0.6 is 0 Å². The molecule has 1 N–H and O–H groups in total. The molecule has 0 saturated heterocycles. The highest BCUT2D eigenvalue weighted by molar-refractivity contribution is 5.36. The third-order valence-corrected chi connectivity index (χ3v) is 3.41. The number of benzene rings is 1. The summed E-state index contributed by atoms with van der Waals surface area (Å²) in [5, 5.41) is 3.57. The fourth-order valence-corrected chi connectivity index (χ4v) is 2.29. The molecule has 0 fully saturated rings. The molecule has 0 spiro atoms. The second kappa shape index (κ2) is 11.6. The molecule has 3 nitrogen and oxygen atoms in total. The number of nitrogens with one attached hydrogen (secondary N) is 1. The first-order chi connectivity index (χ1) is 10.3. The molecule has 0 radical (unpaired) electrons. The van der Waals surface area contributed by atoms with Crippen LogP contribution in [0.15, 0.2) is 24.3 Å². The van der Waals surface area contributed by atoms with E-state index in [9.17, 15) is 0 Å². The van der Waals surface area contributed by atoms with Crippen molar-refractivity contribution < 1.29 is 9.47 Å². The van der Waals surface area contributed by atoms with Crippen molar-refractivity contribution in [1.29, 1.82) is 0 Å². The van der Waals surface area contributed by atoms with E-state index in [0.717, 1.165) is 31.7 Å². The predicted octanol–water partition coefficient (Wildman–Crippen LogP) is 4.33. The van der Waals surface area contributed by atoms with Gasteiger partial charge in [-0.25, -0.2) is 0 Å². The number of hydrogen-bond donors (Lipinski definition) is 1. The summed E-state index contributed by atoms with van der Waals surface area (Å²) in [6.45, 7) is 9.64. The molecule has 0 aliphatic heterocycles. The molecule has 0 aliphatic rings. The monoisotopic (exact) mass is 293 g/mol. The summed E-state index contributed by atoms with van der Waals surface area (Å²) in [6.07, 6.45) is 4.73. The van der Waals surface area contributed by atoms with E-state index < -0.39 is 0 Å². The van der Waals surface area contributed by atoms with Gasteiger partial charge in [-0.2, -0.15) is 0 Å². The topological polar surface area (TPSA) is 30.5 Å². The van der Waals surface area contributed by atoms with E-state index in [0.29, 0.717) is 13.2 Å². The quantitative estimate of drug-likeness (QED) is 0.582. The normalized spacial score (nSPS) is 12.3. The van der Waals surface area contributed by atoms with E-state index in [4.69, 9.17) is 9.47 Å². The highest BCUT2D eigenvalue weighted by atomic mass is 16.5. The van der Waals surface area contributed by atoms with Gasteiger partial charge < -0.3 is 14.8 Å². The van der Waals surface area contributed by atoms with Gasteiger partial charge in [0.25, 0.3) is 0 Å². The molecule has 0 amide bonds. The number of hydrogen-bond acceptors (Lipinski definition) is 3. The van der Waals surface area contributed by atoms with E-state index in [2.05, 4.69) is 31.3 Å². The van der Waals surface area contributed by atoms with Gasteiger partial charge in [0, 0.05) is 12.2 Å². The zero-order valence-corrected chi connectivity index (χ0v) is 13.9. The third kappa shape index (κ3) is 6.96. The van der Waals surface area contributed by atoms with Crippen LogP contribution in [0, 0.1) is 0 Å².